The molecule has 1 aliphatic rings. The highest BCUT2D eigenvalue weighted by Crippen LogP contribution is 2.20. The standard InChI is InChI=1S/C16H19NO3.CO2/c1-2-13-6-7-14(12-17)15(11-13)18-9-10-20-16-5-3-4-8-19-16;2-1-3/h2,6-7,11,16H,1,3-5,8-10H2;. The van der Waals surface area contributed by atoms with Gasteiger partial charge in [0.05, 0.1) is 12.2 Å². The fourth-order valence-corrected chi connectivity index (χ4v) is 2.05. The molecule has 0 spiro atoms. The zero-order valence-corrected chi connectivity index (χ0v) is 12.8. The first-order valence-corrected chi connectivity index (χ1v) is 7.27. The fraction of sp³-hybridized carbons (Fsp3) is 0.412. The number of hydrogen-bond donors (Lipinski definition) is 0. The minimum Gasteiger partial charge on any atom is -0.490 e. The van der Waals surface area contributed by atoms with Gasteiger partial charge in [-0.25, -0.2) is 0 Å². The van der Waals surface area contributed by atoms with Gasteiger partial charge in [0, 0.05) is 6.61 Å². The van der Waals surface area contributed by atoms with Crippen molar-refractivity contribution in [2.75, 3.05) is 19.8 Å². The molecule has 122 valence electrons. The zero-order valence-electron chi connectivity index (χ0n) is 12.8. The Bertz CT molecular complexity index is 567. The van der Waals surface area contributed by atoms with Crippen LogP contribution in [0.5, 0.6) is 5.75 Å². The molecule has 6 nitrogen and oxygen atoms in total. The van der Waals surface area contributed by atoms with E-state index >= 15 is 0 Å². The van der Waals surface area contributed by atoms with E-state index < -0.39 is 0 Å². The number of ether oxygens (including phenoxy) is 3. The van der Waals surface area contributed by atoms with Crippen LogP contribution < -0.4 is 4.74 Å². The molecule has 23 heavy (non-hydrogen) atoms. The van der Waals surface area contributed by atoms with E-state index in [-0.39, 0.29) is 12.4 Å². The fourth-order valence-electron chi connectivity index (χ4n) is 2.05. The molecule has 0 radical (unpaired) electrons. The second kappa shape index (κ2) is 11.2. The van der Waals surface area contributed by atoms with Crippen LogP contribution in [-0.2, 0) is 19.1 Å². The predicted octanol–water partition coefficient (Wildman–Crippen LogP) is 2.54. The first-order chi connectivity index (χ1) is 11.2. The Balaban J connectivity index is 0.000000816. The van der Waals surface area contributed by atoms with Crippen LogP contribution in [0.3, 0.4) is 0 Å². The van der Waals surface area contributed by atoms with Crippen molar-refractivity contribution < 1.29 is 23.8 Å². The van der Waals surface area contributed by atoms with E-state index in [4.69, 9.17) is 29.1 Å². The number of nitrogens with zero attached hydrogens (tertiary/aromatic N) is 1. The monoisotopic (exact) mass is 317 g/mol. The highest BCUT2D eigenvalue weighted by atomic mass is 16.7. The van der Waals surface area contributed by atoms with Gasteiger partial charge in [0.1, 0.15) is 18.4 Å². The molecule has 2 rings (SSSR count). The van der Waals surface area contributed by atoms with Crippen molar-refractivity contribution in [1.82, 2.24) is 0 Å². The molecule has 1 heterocycles. The van der Waals surface area contributed by atoms with Gasteiger partial charge in [0.25, 0.3) is 0 Å². The third-order valence-corrected chi connectivity index (χ3v) is 3.14. The van der Waals surface area contributed by atoms with Crippen molar-refractivity contribution in [2.45, 2.75) is 25.6 Å². The van der Waals surface area contributed by atoms with Crippen molar-refractivity contribution >= 4 is 12.2 Å². The number of carbonyl (C=O) groups excluding carboxylic acids is 2. The molecule has 1 aromatic carbocycles. The van der Waals surface area contributed by atoms with E-state index in [0.717, 1.165) is 31.4 Å². The molecular formula is C17H19NO5. The number of nitriles is 1. The molecule has 1 atom stereocenters. The van der Waals surface area contributed by atoms with Crippen molar-refractivity contribution in [2.24, 2.45) is 0 Å². The quantitative estimate of drug-likeness (QED) is 0.749. The summed E-state index contributed by atoms with van der Waals surface area (Å²) in [5.74, 6) is 0.568. The van der Waals surface area contributed by atoms with Crippen molar-refractivity contribution in [3.63, 3.8) is 0 Å². The SMILES string of the molecule is C=Cc1ccc(C#N)c(OCCOC2CCCCO2)c1.O=C=O. The van der Waals surface area contributed by atoms with E-state index in [1.54, 1.807) is 12.1 Å². The molecule has 0 saturated carbocycles. The maximum atomic E-state index is 9.04. The lowest BCUT2D eigenvalue weighted by Crippen LogP contribution is -2.24. The summed E-state index contributed by atoms with van der Waals surface area (Å²) in [5, 5.41) is 9.04. The predicted molar refractivity (Wildman–Crippen MR) is 81.3 cm³/mol. The molecule has 1 unspecified atom stereocenters. The molecule has 1 saturated heterocycles. The van der Waals surface area contributed by atoms with Gasteiger partial charge in [-0.1, -0.05) is 18.7 Å². The maximum Gasteiger partial charge on any atom is 0.373 e. The van der Waals surface area contributed by atoms with E-state index in [0.29, 0.717) is 24.5 Å². The van der Waals surface area contributed by atoms with Gasteiger partial charge < -0.3 is 14.2 Å². The van der Waals surface area contributed by atoms with Crippen molar-refractivity contribution in [3.8, 4) is 11.8 Å². The smallest absolute Gasteiger partial charge is 0.373 e. The Morgan fingerprint density at radius 3 is 2.74 bits per heavy atom. The molecule has 1 aliphatic heterocycles. The van der Waals surface area contributed by atoms with E-state index in [1.165, 1.54) is 0 Å². The summed E-state index contributed by atoms with van der Waals surface area (Å²) in [4.78, 5) is 16.2. The van der Waals surface area contributed by atoms with Crippen LogP contribution in [0.1, 0.15) is 30.4 Å². The topological polar surface area (TPSA) is 85.6 Å². The number of hydrogen-bond acceptors (Lipinski definition) is 6. The summed E-state index contributed by atoms with van der Waals surface area (Å²) in [7, 11) is 0. The normalized spacial score (nSPS) is 16.2. The van der Waals surface area contributed by atoms with Gasteiger partial charge in [-0.05, 0) is 37.0 Å². The summed E-state index contributed by atoms with van der Waals surface area (Å²) in [6.45, 7) is 5.32. The van der Waals surface area contributed by atoms with Crippen molar-refractivity contribution in [3.05, 3.63) is 35.9 Å². The van der Waals surface area contributed by atoms with Crippen LogP contribution in [0.4, 0.5) is 0 Å². The van der Waals surface area contributed by atoms with Gasteiger partial charge in [-0.15, -0.1) is 0 Å². The zero-order chi connectivity index (χ0) is 16.9. The summed E-state index contributed by atoms with van der Waals surface area (Å²) < 4.78 is 16.7. The van der Waals surface area contributed by atoms with Gasteiger partial charge in [0.2, 0.25) is 0 Å². The highest BCUT2D eigenvalue weighted by Gasteiger charge is 2.13. The third-order valence-electron chi connectivity index (χ3n) is 3.14. The Labute approximate surface area is 135 Å². The van der Waals surface area contributed by atoms with Crippen molar-refractivity contribution in [1.29, 1.82) is 5.26 Å². The lowest BCUT2D eigenvalue weighted by atomic mass is 10.1. The van der Waals surface area contributed by atoms with Gasteiger partial charge in [-0.3, -0.25) is 0 Å². The van der Waals surface area contributed by atoms with E-state index in [2.05, 4.69) is 12.6 Å². The minimum absolute atomic E-state index is 0.109. The van der Waals surface area contributed by atoms with Crippen LogP contribution in [0.2, 0.25) is 0 Å². The average molecular weight is 317 g/mol. The van der Waals surface area contributed by atoms with E-state index in [9.17, 15) is 0 Å². The van der Waals surface area contributed by atoms with E-state index in [1.807, 2.05) is 12.1 Å². The Morgan fingerprint density at radius 1 is 1.35 bits per heavy atom. The lowest BCUT2D eigenvalue weighted by Gasteiger charge is -2.22. The summed E-state index contributed by atoms with van der Waals surface area (Å²) in [6, 6.07) is 7.49. The molecule has 6 heteroatoms. The maximum absolute atomic E-state index is 9.04. The minimum atomic E-state index is -0.109. The molecule has 0 N–H and O–H groups in total. The Hall–Kier alpha value is -2.45. The highest BCUT2D eigenvalue weighted by molar-refractivity contribution is 5.55. The molecule has 1 aromatic rings. The summed E-state index contributed by atoms with van der Waals surface area (Å²) in [5.41, 5.74) is 1.44. The first kappa shape index (κ1) is 18.6. The summed E-state index contributed by atoms with van der Waals surface area (Å²) in [6.07, 6.45) is 5.06. The molecule has 0 aromatic heterocycles. The van der Waals surface area contributed by atoms with Crippen LogP contribution in [0, 0.1) is 11.3 Å². The van der Waals surface area contributed by atoms with Gasteiger partial charge >= 0.3 is 6.15 Å². The average Bonchev–Trinajstić information content (AvgIpc) is 2.60. The van der Waals surface area contributed by atoms with Crippen LogP contribution in [0.25, 0.3) is 6.08 Å². The third kappa shape index (κ3) is 6.90. The second-order valence-electron chi connectivity index (χ2n) is 4.67. The summed E-state index contributed by atoms with van der Waals surface area (Å²) >= 11 is 0. The van der Waals surface area contributed by atoms with Crippen LogP contribution >= 0.6 is 0 Å². The largest absolute Gasteiger partial charge is 0.490 e. The number of benzene rings is 1. The molecule has 0 bridgehead atoms. The van der Waals surface area contributed by atoms with Crippen LogP contribution in [0.15, 0.2) is 24.8 Å². The Kier molecular flexibility index (Phi) is 9.03. The molecule has 0 amide bonds. The second-order valence-corrected chi connectivity index (χ2v) is 4.67. The molecular weight excluding hydrogens is 298 g/mol. The number of rotatable bonds is 6. The van der Waals surface area contributed by atoms with Crippen LogP contribution in [-0.4, -0.2) is 32.3 Å². The van der Waals surface area contributed by atoms with Gasteiger partial charge in [0.15, 0.2) is 6.29 Å². The first-order valence-electron chi connectivity index (χ1n) is 7.27. The lowest BCUT2D eigenvalue weighted by molar-refractivity contribution is -0.191. The molecule has 0 aliphatic carbocycles. The molecule has 1 fully saturated rings. The Morgan fingerprint density at radius 2 is 2.13 bits per heavy atom. The van der Waals surface area contributed by atoms with Gasteiger partial charge in [-0.2, -0.15) is 14.9 Å².